The summed E-state index contributed by atoms with van der Waals surface area (Å²) in [5, 5.41) is 18.9. The van der Waals surface area contributed by atoms with E-state index in [2.05, 4.69) is 15.9 Å². The molecule has 0 aliphatic heterocycles. The van der Waals surface area contributed by atoms with E-state index in [1.807, 2.05) is 13.8 Å². The van der Waals surface area contributed by atoms with Gasteiger partial charge in [0.05, 0.1) is 0 Å². The second kappa shape index (κ2) is 4.01. The fraction of sp³-hybridized carbons (Fsp3) is 0.400. The van der Waals surface area contributed by atoms with Gasteiger partial charge < -0.3 is 10.2 Å². The predicted octanol–water partition coefficient (Wildman–Crippen LogP) is 2.99. The molecule has 0 amide bonds. The third-order valence-corrected chi connectivity index (χ3v) is 2.86. The minimum atomic E-state index is -0.0547. The number of benzene rings is 1. The Kier molecular flexibility index (Phi) is 3.20. The molecule has 0 fully saturated rings. The Morgan fingerprint density at radius 3 is 2.15 bits per heavy atom. The van der Waals surface area contributed by atoms with Crippen molar-refractivity contribution in [1.82, 2.24) is 0 Å². The van der Waals surface area contributed by atoms with Gasteiger partial charge in [0.1, 0.15) is 0 Å². The van der Waals surface area contributed by atoms with Gasteiger partial charge in [0.25, 0.3) is 0 Å². The van der Waals surface area contributed by atoms with Crippen molar-refractivity contribution in [2.45, 2.75) is 26.7 Å². The van der Waals surface area contributed by atoms with Gasteiger partial charge in [-0.3, -0.25) is 0 Å². The van der Waals surface area contributed by atoms with Gasteiger partial charge in [-0.05, 0) is 24.5 Å². The monoisotopic (exact) mass is 244 g/mol. The molecule has 72 valence electrons. The van der Waals surface area contributed by atoms with Gasteiger partial charge in [-0.15, -0.1) is 0 Å². The molecule has 3 heteroatoms. The van der Waals surface area contributed by atoms with Crippen LogP contribution in [-0.2, 0) is 12.8 Å². The van der Waals surface area contributed by atoms with Crippen LogP contribution < -0.4 is 0 Å². The van der Waals surface area contributed by atoms with Gasteiger partial charge in [-0.25, -0.2) is 0 Å². The smallest absolute Gasteiger partial charge is 0.161 e. The van der Waals surface area contributed by atoms with Gasteiger partial charge in [0.15, 0.2) is 11.5 Å². The fourth-order valence-electron chi connectivity index (χ4n) is 1.48. The molecule has 0 saturated heterocycles. The SMILES string of the molecule is CCc1c(Br)cc(O)c(O)c1CC. The Balaban J connectivity index is 3.41. The van der Waals surface area contributed by atoms with Gasteiger partial charge in [0, 0.05) is 10.0 Å². The molecular weight excluding hydrogens is 232 g/mol. The summed E-state index contributed by atoms with van der Waals surface area (Å²) in [5.74, 6) is -0.0384. The van der Waals surface area contributed by atoms with E-state index in [9.17, 15) is 10.2 Å². The molecule has 0 aliphatic carbocycles. The highest BCUT2D eigenvalue weighted by atomic mass is 79.9. The van der Waals surface area contributed by atoms with Crippen molar-refractivity contribution in [3.63, 3.8) is 0 Å². The molecular formula is C10H13BrO2. The summed E-state index contributed by atoms with van der Waals surface area (Å²) in [6, 6.07) is 1.54. The zero-order valence-corrected chi connectivity index (χ0v) is 9.35. The van der Waals surface area contributed by atoms with Gasteiger partial charge in [0.2, 0.25) is 0 Å². The second-order valence-electron chi connectivity index (χ2n) is 2.89. The summed E-state index contributed by atoms with van der Waals surface area (Å²) in [7, 11) is 0. The summed E-state index contributed by atoms with van der Waals surface area (Å²) in [6.45, 7) is 3.98. The van der Waals surface area contributed by atoms with Crippen LogP contribution in [0.25, 0.3) is 0 Å². The van der Waals surface area contributed by atoms with Crippen molar-refractivity contribution < 1.29 is 10.2 Å². The molecule has 13 heavy (non-hydrogen) atoms. The van der Waals surface area contributed by atoms with Crippen molar-refractivity contribution in [3.05, 3.63) is 21.7 Å². The Morgan fingerprint density at radius 2 is 1.69 bits per heavy atom. The first-order valence-electron chi connectivity index (χ1n) is 4.33. The molecule has 0 spiro atoms. The van der Waals surface area contributed by atoms with Crippen molar-refractivity contribution in [2.24, 2.45) is 0 Å². The lowest BCUT2D eigenvalue weighted by Gasteiger charge is -2.11. The second-order valence-corrected chi connectivity index (χ2v) is 3.74. The van der Waals surface area contributed by atoms with E-state index in [0.29, 0.717) is 0 Å². The van der Waals surface area contributed by atoms with Crippen LogP contribution in [0.2, 0.25) is 0 Å². The van der Waals surface area contributed by atoms with E-state index in [1.165, 1.54) is 6.07 Å². The Labute approximate surface area is 86.3 Å². The van der Waals surface area contributed by atoms with E-state index >= 15 is 0 Å². The Hall–Kier alpha value is -0.700. The highest BCUT2D eigenvalue weighted by Crippen LogP contribution is 2.37. The van der Waals surface area contributed by atoms with Crippen molar-refractivity contribution in [2.75, 3.05) is 0 Å². The van der Waals surface area contributed by atoms with Crippen LogP contribution in [0.15, 0.2) is 10.5 Å². The van der Waals surface area contributed by atoms with Crippen LogP contribution in [0.3, 0.4) is 0 Å². The van der Waals surface area contributed by atoms with Crippen LogP contribution in [0.1, 0.15) is 25.0 Å². The van der Waals surface area contributed by atoms with Crippen LogP contribution in [-0.4, -0.2) is 10.2 Å². The molecule has 0 heterocycles. The summed E-state index contributed by atoms with van der Waals surface area (Å²) in [5.41, 5.74) is 1.90. The quantitative estimate of drug-likeness (QED) is 0.786. The van der Waals surface area contributed by atoms with Crippen molar-refractivity contribution in [3.8, 4) is 11.5 Å². The van der Waals surface area contributed by atoms with Gasteiger partial charge in [-0.2, -0.15) is 0 Å². The topological polar surface area (TPSA) is 40.5 Å². The lowest BCUT2D eigenvalue weighted by molar-refractivity contribution is 0.398. The lowest BCUT2D eigenvalue weighted by atomic mass is 10.0. The maximum Gasteiger partial charge on any atom is 0.161 e. The van der Waals surface area contributed by atoms with Crippen molar-refractivity contribution in [1.29, 1.82) is 0 Å². The summed E-state index contributed by atoms with van der Waals surface area (Å²) in [4.78, 5) is 0. The molecule has 0 atom stereocenters. The van der Waals surface area contributed by atoms with Crippen LogP contribution in [0, 0.1) is 0 Å². The number of phenolic OH excluding ortho intramolecular Hbond substituents is 2. The van der Waals surface area contributed by atoms with Crippen molar-refractivity contribution >= 4 is 15.9 Å². The Bertz CT molecular complexity index is 321. The Morgan fingerprint density at radius 1 is 1.15 bits per heavy atom. The van der Waals surface area contributed by atoms with E-state index in [1.54, 1.807) is 0 Å². The summed E-state index contributed by atoms with van der Waals surface area (Å²) < 4.78 is 0.863. The lowest BCUT2D eigenvalue weighted by Crippen LogP contribution is -1.93. The molecule has 0 saturated carbocycles. The number of halogens is 1. The van der Waals surface area contributed by atoms with E-state index < -0.39 is 0 Å². The highest BCUT2D eigenvalue weighted by Gasteiger charge is 2.12. The van der Waals surface area contributed by atoms with E-state index in [0.717, 1.165) is 28.4 Å². The predicted molar refractivity (Wildman–Crippen MR) is 56.2 cm³/mol. The first-order chi connectivity index (χ1) is 6.11. The zero-order valence-electron chi connectivity index (χ0n) is 7.76. The standard InChI is InChI=1S/C10H13BrO2/c1-3-6-7(4-2)10(13)9(12)5-8(6)11/h5,12-13H,3-4H2,1-2H3. The average Bonchev–Trinajstić information content (AvgIpc) is 2.10. The number of rotatable bonds is 2. The third kappa shape index (κ3) is 1.80. The molecule has 1 aromatic rings. The number of aromatic hydroxyl groups is 2. The molecule has 1 aromatic carbocycles. The van der Waals surface area contributed by atoms with E-state index in [4.69, 9.17) is 0 Å². The number of hydrogen-bond donors (Lipinski definition) is 2. The average molecular weight is 245 g/mol. The van der Waals surface area contributed by atoms with Crippen LogP contribution in [0.4, 0.5) is 0 Å². The maximum atomic E-state index is 9.56. The zero-order chi connectivity index (χ0) is 10.0. The molecule has 0 radical (unpaired) electrons. The number of phenols is 2. The number of hydrogen-bond acceptors (Lipinski definition) is 2. The molecule has 1 rings (SSSR count). The van der Waals surface area contributed by atoms with Gasteiger partial charge in [-0.1, -0.05) is 29.8 Å². The van der Waals surface area contributed by atoms with Crippen LogP contribution in [0.5, 0.6) is 11.5 Å². The summed E-state index contributed by atoms with van der Waals surface area (Å²) in [6.07, 6.45) is 1.57. The van der Waals surface area contributed by atoms with Crippen LogP contribution >= 0.6 is 15.9 Å². The molecule has 2 nitrogen and oxygen atoms in total. The molecule has 0 unspecified atom stereocenters. The molecule has 0 aromatic heterocycles. The first kappa shape index (κ1) is 10.4. The first-order valence-corrected chi connectivity index (χ1v) is 5.13. The summed E-state index contributed by atoms with van der Waals surface area (Å²) >= 11 is 3.36. The molecule has 2 N–H and O–H groups in total. The van der Waals surface area contributed by atoms with E-state index in [-0.39, 0.29) is 11.5 Å². The van der Waals surface area contributed by atoms with Gasteiger partial charge >= 0.3 is 0 Å². The molecule has 0 bridgehead atoms. The largest absolute Gasteiger partial charge is 0.504 e. The third-order valence-electron chi connectivity index (χ3n) is 2.15. The normalized spacial score (nSPS) is 10.4. The fourth-order valence-corrected chi connectivity index (χ4v) is 2.22. The minimum absolute atomic E-state index is 0.0163. The maximum absolute atomic E-state index is 9.56. The molecule has 0 aliphatic rings. The minimum Gasteiger partial charge on any atom is -0.504 e. The highest BCUT2D eigenvalue weighted by molar-refractivity contribution is 9.10.